The molecular formula is C29H31N5O4. The van der Waals surface area contributed by atoms with Gasteiger partial charge in [-0.15, -0.1) is 0 Å². The van der Waals surface area contributed by atoms with Gasteiger partial charge in [-0.25, -0.2) is 9.97 Å². The van der Waals surface area contributed by atoms with Crippen LogP contribution in [-0.4, -0.2) is 82.9 Å². The molecule has 2 fully saturated rings. The van der Waals surface area contributed by atoms with Crippen molar-refractivity contribution in [2.24, 2.45) is 0 Å². The van der Waals surface area contributed by atoms with Crippen LogP contribution in [0, 0.1) is 11.3 Å². The molecule has 196 valence electrons. The van der Waals surface area contributed by atoms with Gasteiger partial charge < -0.3 is 19.5 Å². The third-order valence-electron chi connectivity index (χ3n) is 7.08. The van der Waals surface area contributed by atoms with Crippen LogP contribution in [0.15, 0.2) is 54.7 Å². The molecule has 0 saturated carbocycles. The molecule has 2 saturated heterocycles. The lowest BCUT2D eigenvalue weighted by atomic mass is 10.1. The molecule has 2 aromatic carbocycles. The van der Waals surface area contributed by atoms with E-state index in [0.29, 0.717) is 49.2 Å². The van der Waals surface area contributed by atoms with Crippen molar-refractivity contribution in [3.05, 3.63) is 77.2 Å². The van der Waals surface area contributed by atoms with Crippen LogP contribution in [0.4, 0.5) is 0 Å². The highest BCUT2D eigenvalue weighted by molar-refractivity contribution is 5.77. The SMILES string of the molecule is COC1CN(Cc2ccc(Cc3nccc(-c4ccc(O[C@@H]5CCN(C(=O)CO)C5)c(C#N)c4)n3)cc2)C1. The van der Waals surface area contributed by atoms with Crippen LogP contribution < -0.4 is 4.74 Å². The maximum absolute atomic E-state index is 11.7. The summed E-state index contributed by atoms with van der Waals surface area (Å²) < 4.78 is 11.4. The van der Waals surface area contributed by atoms with Gasteiger partial charge in [0.15, 0.2) is 0 Å². The van der Waals surface area contributed by atoms with Gasteiger partial charge in [-0.1, -0.05) is 24.3 Å². The molecule has 0 unspecified atom stereocenters. The Hall–Kier alpha value is -3.84. The Bertz CT molecular complexity index is 1320. The number of carbonyl (C=O) groups excluding carboxylic acids is 1. The first-order valence-electron chi connectivity index (χ1n) is 12.8. The molecule has 5 rings (SSSR count). The fraction of sp³-hybridized carbons (Fsp3) is 0.379. The Balaban J connectivity index is 1.22. The summed E-state index contributed by atoms with van der Waals surface area (Å²) in [6.07, 6.45) is 3.15. The van der Waals surface area contributed by atoms with Crippen molar-refractivity contribution in [1.29, 1.82) is 5.26 Å². The van der Waals surface area contributed by atoms with E-state index in [2.05, 4.69) is 40.2 Å². The highest BCUT2D eigenvalue weighted by Crippen LogP contribution is 2.28. The number of nitriles is 1. The number of carbonyl (C=O) groups is 1. The first kappa shape index (κ1) is 25.8. The summed E-state index contributed by atoms with van der Waals surface area (Å²) >= 11 is 0. The Morgan fingerprint density at radius 3 is 2.63 bits per heavy atom. The van der Waals surface area contributed by atoms with Gasteiger partial charge in [-0.05, 0) is 35.4 Å². The van der Waals surface area contributed by atoms with E-state index in [1.807, 2.05) is 12.1 Å². The van der Waals surface area contributed by atoms with Crippen molar-refractivity contribution in [1.82, 2.24) is 19.8 Å². The number of hydrogen-bond acceptors (Lipinski definition) is 8. The minimum atomic E-state index is -0.508. The van der Waals surface area contributed by atoms with Crippen molar-refractivity contribution in [3.63, 3.8) is 0 Å². The summed E-state index contributed by atoms with van der Waals surface area (Å²) in [5.74, 6) is 0.874. The number of methoxy groups -OCH3 is 1. The number of rotatable bonds is 9. The normalized spacial score (nSPS) is 17.7. The summed E-state index contributed by atoms with van der Waals surface area (Å²) in [6.45, 7) is 3.30. The van der Waals surface area contributed by atoms with Crippen LogP contribution in [0.2, 0.25) is 0 Å². The number of amides is 1. The topological polar surface area (TPSA) is 112 Å². The second-order valence-corrected chi connectivity index (χ2v) is 9.75. The van der Waals surface area contributed by atoms with E-state index in [1.54, 1.807) is 30.3 Å². The smallest absolute Gasteiger partial charge is 0.248 e. The predicted octanol–water partition coefficient (Wildman–Crippen LogP) is 2.41. The van der Waals surface area contributed by atoms with Crippen LogP contribution in [-0.2, 0) is 22.5 Å². The number of likely N-dealkylation sites (tertiary alicyclic amines) is 2. The molecular weight excluding hydrogens is 482 g/mol. The third-order valence-corrected chi connectivity index (χ3v) is 7.08. The first-order chi connectivity index (χ1) is 18.5. The summed E-state index contributed by atoms with van der Waals surface area (Å²) in [7, 11) is 1.76. The summed E-state index contributed by atoms with van der Waals surface area (Å²) in [4.78, 5) is 24.9. The zero-order valence-electron chi connectivity index (χ0n) is 21.4. The zero-order chi connectivity index (χ0) is 26.5. The van der Waals surface area contributed by atoms with Crippen molar-refractivity contribution in [2.75, 3.05) is 39.9 Å². The summed E-state index contributed by atoms with van der Waals surface area (Å²) in [6, 6.07) is 18.0. The van der Waals surface area contributed by atoms with Crippen LogP contribution in [0.5, 0.6) is 5.75 Å². The molecule has 9 heteroatoms. The van der Waals surface area contributed by atoms with Crippen molar-refractivity contribution in [2.45, 2.75) is 31.6 Å². The predicted molar refractivity (Wildman–Crippen MR) is 140 cm³/mol. The van der Waals surface area contributed by atoms with E-state index in [9.17, 15) is 10.1 Å². The Labute approximate surface area is 222 Å². The number of hydrogen-bond donors (Lipinski definition) is 1. The largest absolute Gasteiger partial charge is 0.487 e. The number of aliphatic hydroxyl groups is 1. The standard InChI is InChI=1S/C29H31N5O4/c1-37-25-16-33(17-25)15-21-4-2-20(3-5-21)12-28-31-10-8-26(32-28)22-6-7-27(23(13-22)14-30)38-24-9-11-34(18-24)29(36)19-35/h2-8,10,13,24-25,35H,9,11-12,15-19H2,1H3/t24-/m1/s1. The number of ether oxygens (including phenoxy) is 2. The molecule has 1 aromatic heterocycles. The Morgan fingerprint density at radius 1 is 1.11 bits per heavy atom. The molecule has 9 nitrogen and oxygen atoms in total. The lowest BCUT2D eigenvalue weighted by Gasteiger charge is -2.38. The highest BCUT2D eigenvalue weighted by atomic mass is 16.5. The molecule has 38 heavy (non-hydrogen) atoms. The average Bonchev–Trinajstić information content (AvgIpc) is 3.40. The van der Waals surface area contributed by atoms with Gasteiger partial charge in [0, 0.05) is 57.9 Å². The highest BCUT2D eigenvalue weighted by Gasteiger charge is 2.28. The van der Waals surface area contributed by atoms with E-state index >= 15 is 0 Å². The van der Waals surface area contributed by atoms with Gasteiger partial charge in [0.05, 0.1) is 23.9 Å². The molecule has 1 amide bonds. The number of aliphatic hydroxyl groups excluding tert-OH is 1. The van der Waals surface area contributed by atoms with Gasteiger partial charge in [0.2, 0.25) is 5.91 Å². The molecule has 2 aliphatic rings. The monoisotopic (exact) mass is 513 g/mol. The fourth-order valence-corrected chi connectivity index (χ4v) is 4.86. The van der Waals surface area contributed by atoms with E-state index in [0.717, 1.165) is 36.5 Å². The Morgan fingerprint density at radius 2 is 1.89 bits per heavy atom. The van der Waals surface area contributed by atoms with Crippen LogP contribution in [0.1, 0.15) is 28.9 Å². The summed E-state index contributed by atoms with van der Waals surface area (Å²) in [5, 5.41) is 18.8. The molecule has 0 spiro atoms. The molecule has 2 aliphatic heterocycles. The molecule has 0 aliphatic carbocycles. The van der Waals surface area contributed by atoms with Crippen LogP contribution in [0.25, 0.3) is 11.3 Å². The van der Waals surface area contributed by atoms with E-state index in [1.165, 1.54) is 5.56 Å². The Kier molecular flexibility index (Phi) is 7.94. The number of nitrogens with zero attached hydrogens (tertiary/aromatic N) is 5. The third kappa shape index (κ3) is 6.00. The molecule has 3 aromatic rings. The summed E-state index contributed by atoms with van der Waals surface area (Å²) in [5.41, 5.74) is 4.36. The molecule has 0 bridgehead atoms. The van der Waals surface area contributed by atoms with Crippen LogP contribution >= 0.6 is 0 Å². The second kappa shape index (κ2) is 11.7. The van der Waals surface area contributed by atoms with Gasteiger partial charge >= 0.3 is 0 Å². The zero-order valence-corrected chi connectivity index (χ0v) is 21.4. The van der Waals surface area contributed by atoms with Gasteiger partial charge in [0.25, 0.3) is 0 Å². The van der Waals surface area contributed by atoms with Crippen LogP contribution in [0.3, 0.4) is 0 Å². The number of benzene rings is 2. The van der Waals surface area contributed by atoms with Crippen molar-refractivity contribution < 1.29 is 19.4 Å². The van der Waals surface area contributed by atoms with Gasteiger partial charge in [-0.3, -0.25) is 9.69 Å². The second-order valence-electron chi connectivity index (χ2n) is 9.75. The van der Waals surface area contributed by atoms with E-state index < -0.39 is 6.61 Å². The van der Waals surface area contributed by atoms with Gasteiger partial charge in [0.1, 0.15) is 30.4 Å². The molecule has 0 radical (unpaired) electrons. The quantitative estimate of drug-likeness (QED) is 0.464. The minimum Gasteiger partial charge on any atom is -0.487 e. The fourth-order valence-electron chi connectivity index (χ4n) is 4.86. The van der Waals surface area contributed by atoms with Crippen molar-refractivity contribution >= 4 is 5.91 Å². The maximum Gasteiger partial charge on any atom is 0.248 e. The molecule has 1 N–H and O–H groups in total. The molecule has 3 heterocycles. The lowest BCUT2D eigenvalue weighted by Crippen LogP contribution is -2.50. The maximum atomic E-state index is 11.7. The van der Waals surface area contributed by atoms with Gasteiger partial charge in [-0.2, -0.15) is 5.26 Å². The average molecular weight is 514 g/mol. The first-order valence-corrected chi connectivity index (χ1v) is 12.8. The molecule has 1 atom stereocenters. The number of aromatic nitrogens is 2. The van der Waals surface area contributed by atoms with E-state index in [4.69, 9.17) is 19.6 Å². The van der Waals surface area contributed by atoms with Crippen molar-refractivity contribution in [3.8, 4) is 23.1 Å². The lowest BCUT2D eigenvalue weighted by molar-refractivity contribution is -0.133. The van der Waals surface area contributed by atoms with E-state index in [-0.39, 0.29) is 12.0 Å². The minimum absolute atomic E-state index is 0.214.